The zero-order valence-electron chi connectivity index (χ0n) is 16.1. The molecule has 146 valence electrons. The molecule has 0 saturated heterocycles. The van der Waals surface area contributed by atoms with Gasteiger partial charge in [-0.3, -0.25) is 9.78 Å². The molecule has 0 spiro atoms. The molecule has 1 heterocycles. The van der Waals surface area contributed by atoms with Crippen LogP contribution in [-0.2, 0) is 22.3 Å². The molecule has 0 fully saturated rings. The number of fused-ring (bicyclic) bond motifs is 1. The van der Waals surface area contributed by atoms with Crippen LogP contribution >= 0.6 is 0 Å². The lowest BCUT2D eigenvalue weighted by Gasteiger charge is -2.10. The minimum atomic E-state index is -3.30. The van der Waals surface area contributed by atoms with E-state index < -0.39 is 10.0 Å². The molecule has 6 nitrogen and oxygen atoms in total. The molecule has 0 aliphatic rings. The fraction of sp³-hybridized carbons (Fsp3) is 0.238. The third kappa shape index (κ3) is 4.74. The molecule has 1 aromatic heterocycles. The van der Waals surface area contributed by atoms with Gasteiger partial charge in [0.2, 0.25) is 10.0 Å². The van der Waals surface area contributed by atoms with Gasteiger partial charge in [-0.1, -0.05) is 35.9 Å². The van der Waals surface area contributed by atoms with Crippen LogP contribution < -0.4 is 10.0 Å². The van der Waals surface area contributed by atoms with Crippen LogP contribution in [0.5, 0.6) is 0 Å². The summed E-state index contributed by atoms with van der Waals surface area (Å²) < 4.78 is 25.5. The summed E-state index contributed by atoms with van der Waals surface area (Å²) >= 11 is 0. The minimum absolute atomic E-state index is 0.0719. The summed E-state index contributed by atoms with van der Waals surface area (Å²) in [6.07, 6.45) is 0. The van der Waals surface area contributed by atoms with Crippen molar-refractivity contribution >= 4 is 26.8 Å². The van der Waals surface area contributed by atoms with E-state index in [4.69, 9.17) is 0 Å². The molecule has 0 radical (unpaired) electrons. The number of pyridine rings is 1. The molecule has 0 bridgehead atoms. The van der Waals surface area contributed by atoms with Crippen molar-refractivity contribution in [3.8, 4) is 0 Å². The Morgan fingerprint density at radius 2 is 1.68 bits per heavy atom. The van der Waals surface area contributed by atoms with Crippen molar-refractivity contribution in [2.24, 2.45) is 0 Å². The van der Waals surface area contributed by atoms with Gasteiger partial charge in [0.25, 0.3) is 5.91 Å². The van der Waals surface area contributed by atoms with Gasteiger partial charge in [-0.05, 0) is 50.2 Å². The molecule has 28 heavy (non-hydrogen) atoms. The number of aryl methyl sites for hydroxylation is 2. The molecule has 2 N–H and O–H groups in total. The van der Waals surface area contributed by atoms with Gasteiger partial charge in [-0.25, -0.2) is 13.1 Å². The highest BCUT2D eigenvalue weighted by Gasteiger charge is 2.12. The highest BCUT2D eigenvalue weighted by atomic mass is 32.2. The van der Waals surface area contributed by atoms with E-state index in [9.17, 15) is 13.2 Å². The molecular weight excluding hydrogens is 374 g/mol. The van der Waals surface area contributed by atoms with Gasteiger partial charge < -0.3 is 5.32 Å². The summed E-state index contributed by atoms with van der Waals surface area (Å²) in [6.45, 7) is 4.18. The zero-order chi connectivity index (χ0) is 20.3. The summed E-state index contributed by atoms with van der Waals surface area (Å²) in [6, 6.07) is 15.0. The Morgan fingerprint density at radius 3 is 2.36 bits per heavy atom. The summed E-state index contributed by atoms with van der Waals surface area (Å²) in [4.78, 5) is 17.1. The van der Waals surface area contributed by atoms with Gasteiger partial charge in [0.15, 0.2) is 0 Å². The second-order valence-electron chi connectivity index (χ2n) is 6.78. The van der Waals surface area contributed by atoms with Gasteiger partial charge in [0.05, 0.1) is 22.5 Å². The van der Waals surface area contributed by atoms with Crippen LogP contribution in [0.15, 0.2) is 48.5 Å². The van der Waals surface area contributed by atoms with Crippen molar-refractivity contribution in [1.82, 2.24) is 15.0 Å². The van der Waals surface area contributed by atoms with E-state index in [2.05, 4.69) is 15.0 Å². The van der Waals surface area contributed by atoms with Crippen molar-refractivity contribution in [1.29, 1.82) is 0 Å². The Kier molecular flexibility index (Phi) is 5.76. The van der Waals surface area contributed by atoms with Crippen LogP contribution in [0.4, 0.5) is 0 Å². The summed E-state index contributed by atoms with van der Waals surface area (Å²) in [5.74, 6) is -0.257. The lowest BCUT2D eigenvalue weighted by Crippen LogP contribution is -2.24. The van der Waals surface area contributed by atoms with Crippen LogP contribution in [0.3, 0.4) is 0 Å². The number of sulfonamides is 1. The molecule has 3 aromatic rings. The second-order valence-corrected chi connectivity index (χ2v) is 8.71. The molecule has 0 atom stereocenters. The number of aromatic nitrogens is 1. The van der Waals surface area contributed by atoms with E-state index in [0.717, 1.165) is 22.0 Å². The average Bonchev–Trinajstić information content (AvgIpc) is 2.66. The topological polar surface area (TPSA) is 88.2 Å². The first-order valence-corrected chi connectivity index (χ1v) is 10.6. The number of hydrogen-bond donors (Lipinski definition) is 2. The van der Waals surface area contributed by atoms with E-state index in [1.807, 2.05) is 50.2 Å². The molecule has 2 aromatic carbocycles. The predicted molar refractivity (Wildman–Crippen MR) is 111 cm³/mol. The van der Waals surface area contributed by atoms with Gasteiger partial charge >= 0.3 is 0 Å². The molecule has 0 saturated carbocycles. The van der Waals surface area contributed by atoms with Crippen LogP contribution in [0, 0.1) is 13.8 Å². The van der Waals surface area contributed by atoms with E-state index in [1.165, 1.54) is 7.05 Å². The molecular formula is C21H23N3O3S. The number of amides is 1. The molecule has 0 aliphatic carbocycles. The number of benzene rings is 2. The molecule has 3 rings (SSSR count). The minimum Gasteiger partial charge on any atom is -0.348 e. The Bertz CT molecular complexity index is 1120. The first-order chi connectivity index (χ1) is 13.3. The average molecular weight is 398 g/mol. The number of nitrogens with zero attached hydrogens (tertiary/aromatic N) is 1. The highest BCUT2D eigenvalue weighted by Crippen LogP contribution is 2.18. The van der Waals surface area contributed by atoms with E-state index in [0.29, 0.717) is 23.4 Å². The largest absolute Gasteiger partial charge is 0.348 e. The third-order valence-electron chi connectivity index (χ3n) is 4.55. The molecule has 0 aliphatic heterocycles. The maximum Gasteiger partial charge on any atom is 0.253 e. The van der Waals surface area contributed by atoms with Crippen LogP contribution in [-0.4, -0.2) is 26.4 Å². The number of rotatable bonds is 6. The first kappa shape index (κ1) is 20.0. The third-order valence-corrected chi connectivity index (χ3v) is 5.88. The normalized spacial score (nSPS) is 11.5. The highest BCUT2D eigenvalue weighted by molar-refractivity contribution is 7.88. The van der Waals surface area contributed by atoms with Crippen molar-refractivity contribution < 1.29 is 13.2 Å². The zero-order valence-corrected chi connectivity index (χ0v) is 16.9. The number of carbonyl (C=O) groups excluding carboxylic acids is 1. The molecule has 1 amide bonds. The Labute approximate surface area is 165 Å². The van der Waals surface area contributed by atoms with Gasteiger partial charge in [0, 0.05) is 11.9 Å². The monoisotopic (exact) mass is 397 g/mol. The fourth-order valence-electron chi connectivity index (χ4n) is 2.94. The van der Waals surface area contributed by atoms with Crippen molar-refractivity contribution in [2.75, 3.05) is 7.05 Å². The maximum atomic E-state index is 12.6. The molecule has 0 unspecified atom stereocenters. The summed E-state index contributed by atoms with van der Waals surface area (Å²) in [7, 11) is -1.91. The van der Waals surface area contributed by atoms with Gasteiger partial charge in [0.1, 0.15) is 0 Å². The Balaban J connectivity index is 1.70. The van der Waals surface area contributed by atoms with Crippen LogP contribution in [0.2, 0.25) is 0 Å². The quantitative estimate of drug-likeness (QED) is 0.669. The summed E-state index contributed by atoms with van der Waals surface area (Å²) in [5.41, 5.74) is 4.79. The Hall–Kier alpha value is -2.77. The summed E-state index contributed by atoms with van der Waals surface area (Å²) in [5, 5.41) is 3.84. The van der Waals surface area contributed by atoms with Crippen molar-refractivity contribution in [3.63, 3.8) is 0 Å². The number of hydrogen-bond acceptors (Lipinski definition) is 4. The lowest BCUT2D eigenvalue weighted by atomic mass is 10.1. The van der Waals surface area contributed by atoms with E-state index in [1.54, 1.807) is 12.1 Å². The van der Waals surface area contributed by atoms with Gasteiger partial charge in [-0.15, -0.1) is 0 Å². The predicted octanol–water partition coefficient (Wildman–Crippen LogP) is 2.83. The number of carbonyl (C=O) groups is 1. The van der Waals surface area contributed by atoms with Crippen molar-refractivity contribution in [3.05, 3.63) is 76.5 Å². The SMILES string of the molecule is CNS(=O)(=O)Cc1ccc(CNC(=O)c2cc3cc(C)ccc3nc2C)cc1. The van der Waals surface area contributed by atoms with E-state index >= 15 is 0 Å². The standard InChI is InChI=1S/C21H23N3O3S/c1-14-4-9-20-18(10-14)11-19(15(2)24-20)21(25)23-12-16-5-7-17(8-6-16)13-28(26,27)22-3/h4-11,22H,12-13H2,1-3H3,(H,23,25). The fourth-order valence-corrected chi connectivity index (χ4v) is 3.72. The van der Waals surface area contributed by atoms with E-state index in [-0.39, 0.29) is 11.7 Å². The number of nitrogens with one attached hydrogen (secondary N) is 2. The van der Waals surface area contributed by atoms with Crippen LogP contribution in [0.25, 0.3) is 10.9 Å². The first-order valence-electron chi connectivity index (χ1n) is 8.92. The second kappa shape index (κ2) is 8.08. The van der Waals surface area contributed by atoms with Crippen molar-refractivity contribution in [2.45, 2.75) is 26.1 Å². The smallest absolute Gasteiger partial charge is 0.253 e. The van der Waals surface area contributed by atoms with Crippen LogP contribution in [0.1, 0.15) is 32.7 Å². The van der Waals surface area contributed by atoms with Gasteiger partial charge in [-0.2, -0.15) is 0 Å². The Morgan fingerprint density at radius 1 is 1.00 bits per heavy atom. The lowest BCUT2D eigenvalue weighted by molar-refractivity contribution is 0.0950. The molecule has 7 heteroatoms. The maximum absolute atomic E-state index is 12.6.